The molecule has 10 heteroatoms. The van der Waals surface area contributed by atoms with Crippen LogP contribution in [0.4, 0.5) is 17.2 Å². The smallest absolute Gasteiger partial charge is 0.224 e. The van der Waals surface area contributed by atoms with Crippen molar-refractivity contribution in [3.05, 3.63) is 72.4 Å². The fraction of sp³-hybridized carbons (Fsp3) is 0.367. The summed E-state index contributed by atoms with van der Waals surface area (Å²) in [4.78, 5) is 17.4. The Hall–Kier alpha value is -3.99. The molecule has 0 spiro atoms. The summed E-state index contributed by atoms with van der Waals surface area (Å²) in [6.45, 7) is 8.18. The Kier molecular flexibility index (Phi) is 8.17. The van der Waals surface area contributed by atoms with Crippen LogP contribution in [0.15, 0.2) is 66.9 Å². The predicted molar refractivity (Wildman–Crippen MR) is 156 cm³/mol. The fourth-order valence-electron chi connectivity index (χ4n) is 5.24. The highest BCUT2D eigenvalue weighted by molar-refractivity contribution is 5.90. The first kappa shape index (κ1) is 26.2. The minimum atomic E-state index is 0.0152. The Balaban J connectivity index is 1.10. The highest BCUT2D eigenvalue weighted by atomic mass is 16.5. The van der Waals surface area contributed by atoms with Crippen LogP contribution in [0.3, 0.4) is 0 Å². The van der Waals surface area contributed by atoms with Crippen molar-refractivity contribution in [3.8, 4) is 5.82 Å². The molecule has 0 radical (unpaired) electrons. The second-order valence-electron chi connectivity index (χ2n) is 10.1. The lowest BCUT2D eigenvalue weighted by Crippen LogP contribution is -2.41. The van der Waals surface area contributed by atoms with Crippen LogP contribution in [0.1, 0.15) is 5.56 Å². The van der Waals surface area contributed by atoms with Gasteiger partial charge in [-0.3, -0.25) is 14.3 Å². The van der Waals surface area contributed by atoms with Gasteiger partial charge in [0.15, 0.2) is 11.6 Å². The largest absolute Gasteiger partial charge is 0.379 e. The number of morpholine rings is 2. The number of carbonyl (C=O) groups excluding carboxylic acids is 1. The molecule has 0 bridgehead atoms. The number of ether oxygens (including phenoxy) is 2. The molecular formula is C30H35N7O3. The maximum absolute atomic E-state index is 12.8. The molecule has 0 unspecified atom stereocenters. The van der Waals surface area contributed by atoms with Gasteiger partial charge in [-0.2, -0.15) is 0 Å². The monoisotopic (exact) mass is 541 g/mol. The second kappa shape index (κ2) is 12.5. The Bertz CT molecular complexity index is 1410. The molecule has 1 amide bonds. The van der Waals surface area contributed by atoms with Crippen molar-refractivity contribution in [2.24, 2.45) is 0 Å². The normalized spacial score (nSPS) is 16.2. The van der Waals surface area contributed by atoms with Gasteiger partial charge in [0.25, 0.3) is 0 Å². The van der Waals surface area contributed by atoms with Gasteiger partial charge in [-0.25, -0.2) is 0 Å². The molecule has 0 aliphatic carbocycles. The van der Waals surface area contributed by atoms with E-state index in [9.17, 15) is 4.79 Å². The number of hydrogen-bond donors (Lipinski definition) is 2. The van der Waals surface area contributed by atoms with E-state index in [1.807, 2.05) is 47.2 Å². The van der Waals surface area contributed by atoms with Crippen molar-refractivity contribution >= 4 is 34.0 Å². The van der Waals surface area contributed by atoms with Crippen LogP contribution in [0.5, 0.6) is 0 Å². The molecule has 2 saturated heterocycles. The SMILES string of the molecule is O=C(Cc1cn(-c2ccc(Nc3ccc(N4CCOCC4)cc3)nn2)c2ccccc12)NCCN1CCOCC1. The third kappa shape index (κ3) is 6.25. The number of nitrogens with zero attached hydrogens (tertiary/aromatic N) is 5. The Morgan fingerprint density at radius 2 is 1.60 bits per heavy atom. The van der Waals surface area contributed by atoms with Gasteiger partial charge < -0.3 is 25.0 Å². The third-order valence-corrected chi connectivity index (χ3v) is 7.41. The van der Waals surface area contributed by atoms with Crippen molar-refractivity contribution in [1.82, 2.24) is 25.0 Å². The molecule has 2 aromatic carbocycles. The summed E-state index contributed by atoms with van der Waals surface area (Å²) in [5, 5.41) is 16.4. The third-order valence-electron chi connectivity index (χ3n) is 7.41. The number of fused-ring (bicyclic) bond motifs is 1. The molecule has 2 N–H and O–H groups in total. The number of nitrogens with one attached hydrogen (secondary N) is 2. The van der Waals surface area contributed by atoms with E-state index in [-0.39, 0.29) is 5.91 Å². The topological polar surface area (TPSA) is 96.8 Å². The van der Waals surface area contributed by atoms with Gasteiger partial charge in [-0.05, 0) is 48.0 Å². The van der Waals surface area contributed by atoms with Crippen LogP contribution in [0.2, 0.25) is 0 Å². The van der Waals surface area contributed by atoms with E-state index in [0.29, 0.717) is 24.6 Å². The van der Waals surface area contributed by atoms with Crippen molar-refractivity contribution in [3.63, 3.8) is 0 Å². The summed E-state index contributed by atoms with van der Waals surface area (Å²) in [6, 6.07) is 20.3. The van der Waals surface area contributed by atoms with Gasteiger partial charge in [0, 0.05) is 62.2 Å². The Morgan fingerprint density at radius 3 is 2.35 bits per heavy atom. The van der Waals surface area contributed by atoms with Crippen molar-refractivity contribution in [2.75, 3.05) is 75.9 Å². The van der Waals surface area contributed by atoms with E-state index in [1.165, 1.54) is 5.69 Å². The first-order chi connectivity index (χ1) is 19.7. The van der Waals surface area contributed by atoms with Gasteiger partial charge in [0.2, 0.25) is 5.91 Å². The molecule has 0 atom stereocenters. The zero-order valence-corrected chi connectivity index (χ0v) is 22.6. The lowest BCUT2D eigenvalue weighted by molar-refractivity contribution is -0.120. The van der Waals surface area contributed by atoms with E-state index in [1.54, 1.807) is 0 Å². The molecule has 10 nitrogen and oxygen atoms in total. The van der Waals surface area contributed by atoms with Crippen molar-refractivity contribution in [2.45, 2.75) is 6.42 Å². The van der Waals surface area contributed by atoms with E-state index in [2.05, 4.69) is 54.9 Å². The number of amides is 1. The molecule has 208 valence electrons. The summed E-state index contributed by atoms with van der Waals surface area (Å²) in [6.07, 6.45) is 2.30. The average Bonchev–Trinajstić information content (AvgIpc) is 3.37. The van der Waals surface area contributed by atoms with Gasteiger partial charge in [0.1, 0.15) is 0 Å². The van der Waals surface area contributed by atoms with Crippen LogP contribution < -0.4 is 15.5 Å². The Labute approximate surface area is 233 Å². The summed E-state index contributed by atoms with van der Waals surface area (Å²) >= 11 is 0. The first-order valence-electron chi connectivity index (χ1n) is 13.9. The number of carbonyl (C=O) groups is 1. The highest BCUT2D eigenvalue weighted by Gasteiger charge is 2.15. The summed E-state index contributed by atoms with van der Waals surface area (Å²) < 4.78 is 12.8. The molecule has 6 rings (SSSR count). The summed E-state index contributed by atoms with van der Waals surface area (Å²) in [5.74, 6) is 1.38. The van der Waals surface area contributed by atoms with Crippen molar-refractivity contribution < 1.29 is 14.3 Å². The van der Waals surface area contributed by atoms with Crippen LogP contribution in [-0.2, 0) is 20.7 Å². The van der Waals surface area contributed by atoms with Crippen LogP contribution in [-0.4, -0.2) is 91.3 Å². The summed E-state index contributed by atoms with van der Waals surface area (Å²) in [7, 11) is 0. The first-order valence-corrected chi connectivity index (χ1v) is 13.9. The predicted octanol–water partition coefficient (Wildman–Crippen LogP) is 2.99. The molecule has 2 aromatic heterocycles. The number of anilines is 3. The number of rotatable bonds is 9. The quantitative estimate of drug-likeness (QED) is 0.334. The van der Waals surface area contributed by atoms with E-state index in [0.717, 1.165) is 81.3 Å². The molecule has 4 aromatic rings. The maximum Gasteiger partial charge on any atom is 0.224 e. The number of aromatic nitrogens is 3. The number of benzene rings is 2. The van der Waals surface area contributed by atoms with Gasteiger partial charge in [-0.15, -0.1) is 10.2 Å². The van der Waals surface area contributed by atoms with Gasteiger partial charge >= 0.3 is 0 Å². The second-order valence-corrected chi connectivity index (χ2v) is 10.1. The van der Waals surface area contributed by atoms with Gasteiger partial charge in [-0.1, -0.05) is 18.2 Å². The zero-order chi connectivity index (χ0) is 27.1. The summed E-state index contributed by atoms with van der Waals surface area (Å²) in [5.41, 5.74) is 4.10. The molecule has 0 saturated carbocycles. The van der Waals surface area contributed by atoms with E-state index >= 15 is 0 Å². The molecule has 40 heavy (non-hydrogen) atoms. The Morgan fingerprint density at radius 1 is 0.850 bits per heavy atom. The molecule has 4 heterocycles. The van der Waals surface area contributed by atoms with Crippen molar-refractivity contribution in [1.29, 1.82) is 0 Å². The zero-order valence-electron chi connectivity index (χ0n) is 22.6. The molecule has 2 fully saturated rings. The minimum Gasteiger partial charge on any atom is -0.379 e. The molecular weight excluding hydrogens is 506 g/mol. The van der Waals surface area contributed by atoms with Crippen LogP contribution >= 0.6 is 0 Å². The van der Waals surface area contributed by atoms with Gasteiger partial charge in [0.05, 0.1) is 38.4 Å². The molecule has 2 aliphatic heterocycles. The standard InChI is InChI=1S/C30H35N7O3/c38-30(31-11-12-35-13-17-39-18-14-35)21-23-22-37(27-4-2-1-3-26(23)27)29-10-9-28(33-34-29)32-24-5-7-25(8-6-24)36-15-19-40-20-16-36/h1-10,22H,11-21H2,(H,31,38)(H,32,33). The maximum atomic E-state index is 12.8. The lowest BCUT2D eigenvalue weighted by atomic mass is 10.1. The van der Waals surface area contributed by atoms with Crippen LogP contribution in [0.25, 0.3) is 16.7 Å². The molecule has 2 aliphatic rings. The van der Waals surface area contributed by atoms with Crippen LogP contribution in [0, 0.1) is 0 Å². The van der Waals surface area contributed by atoms with E-state index < -0.39 is 0 Å². The minimum absolute atomic E-state index is 0.0152. The number of para-hydroxylation sites is 1. The fourth-order valence-corrected chi connectivity index (χ4v) is 5.24. The lowest BCUT2D eigenvalue weighted by Gasteiger charge is -2.28. The average molecular weight is 542 g/mol. The van der Waals surface area contributed by atoms with E-state index in [4.69, 9.17) is 9.47 Å². The number of hydrogen-bond acceptors (Lipinski definition) is 8. The highest BCUT2D eigenvalue weighted by Crippen LogP contribution is 2.25.